The number of fused-ring (bicyclic) bond motifs is 12. The van der Waals surface area contributed by atoms with Gasteiger partial charge in [-0.25, -0.2) is 0 Å². The molecule has 13 rings (SSSR count). The molecule has 3 aromatic heterocycles. The molecule has 0 saturated heterocycles. The molecule has 0 unspecified atom stereocenters. The van der Waals surface area contributed by atoms with Gasteiger partial charge in [-0.15, -0.1) is 22.7 Å². The monoisotopic (exact) mass is 814 g/mol. The summed E-state index contributed by atoms with van der Waals surface area (Å²) in [5.41, 5.74) is 14.8. The lowest BCUT2D eigenvalue weighted by Crippen LogP contribution is -2.15. The number of hydrogen-bond acceptors (Lipinski definition) is 3. The Labute approximate surface area is 361 Å². The first-order valence-electron chi connectivity index (χ1n) is 21.0. The molecular weight excluding hydrogens is 777 g/mol. The fourth-order valence-corrected chi connectivity index (χ4v) is 12.6. The molecule has 0 N–H and O–H groups in total. The van der Waals surface area contributed by atoms with Crippen LogP contribution in [0, 0.1) is 0 Å². The van der Waals surface area contributed by atoms with Crippen molar-refractivity contribution >= 4 is 102 Å². The standard InChI is InChI=1S/C57H38N2S2/c1-57(2)48-20-10-6-16-40(48)41-28-25-38(33-49(41)57)59-50-21-11-7-17-42(50)43-27-24-35(31-51(43)59)36-30-47-45-19-9-13-23-54(45)61-56(47)52(32-36)58(37-14-4-3-5-15-37)39-26-29-46-44-18-8-12-22-53(44)60-55(46)34-39/h3-34H,1-2H3. The topological polar surface area (TPSA) is 8.17 Å². The minimum absolute atomic E-state index is 0.0902. The normalized spacial score (nSPS) is 13.2. The summed E-state index contributed by atoms with van der Waals surface area (Å²) < 4.78 is 7.67. The van der Waals surface area contributed by atoms with Crippen molar-refractivity contribution in [2.75, 3.05) is 4.90 Å². The number of nitrogens with zero attached hydrogens (tertiary/aromatic N) is 2. The summed E-state index contributed by atoms with van der Waals surface area (Å²) in [5, 5.41) is 7.70. The number of benzene rings is 9. The molecule has 0 spiro atoms. The van der Waals surface area contributed by atoms with Crippen molar-refractivity contribution in [3.05, 3.63) is 205 Å². The third kappa shape index (κ3) is 5.13. The summed E-state index contributed by atoms with van der Waals surface area (Å²) >= 11 is 3.75. The average molecular weight is 815 g/mol. The second kappa shape index (κ2) is 13.0. The van der Waals surface area contributed by atoms with Crippen molar-refractivity contribution < 1.29 is 0 Å². The van der Waals surface area contributed by atoms with Crippen molar-refractivity contribution in [1.82, 2.24) is 4.57 Å². The first-order valence-corrected chi connectivity index (χ1v) is 22.6. The summed E-state index contributed by atoms with van der Waals surface area (Å²) in [6.07, 6.45) is 0. The highest BCUT2D eigenvalue weighted by molar-refractivity contribution is 7.26. The smallest absolute Gasteiger partial charge is 0.0646 e. The summed E-state index contributed by atoms with van der Waals surface area (Å²) in [7, 11) is 0. The van der Waals surface area contributed by atoms with Gasteiger partial charge in [0.05, 0.1) is 21.4 Å². The van der Waals surface area contributed by atoms with Crippen molar-refractivity contribution in [1.29, 1.82) is 0 Å². The molecule has 0 radical (unpaired) electrons. The zero-order valence-corrected chi connectivity index (χ0v) is 35.3. The SMILES string of the molecule is CC1(C)c2ccccc2-c2ccc(-n3c4ccccc4c4ccc(-c5cc(N(c6ccccc6)c6ccc7c(c6)sc6ccccc67)c6sc7ccccc7c6c5)cc43)cc21. The third-order valence-electron chi connectivity index (χ3n) is 13.2. The summed E-state index contributed by atoms with van der Waals surface area (Å²) in [4.78, 5) is 2.48. The molecule has 4 heteroatoms. The highest BCUT2D eigenvalue weighted by Crippen LogP contribution is 2.51. The van der Waals surface area contributed by atoms with Gasteiger partial charge in [0.25, 0.3) is 0 Å². The molecule has 0 atom stereocenters. The summed E-state index contributed by atoms with van der Waals surface area (Å²) in [6.45, 7) is 4.74. The van der Waals surface area contributed by atoms with E-state index in [1.54, 1.807) is 0 Å². The van der Waals surface area contributed by atoms with Gasteiger partial charge in [-0.2, -0.15) is 0 Å². The number of aromatic nitrogens is 1. The molecule has 0 amide bonds. The van der Waals surface area contributed by atoms with Gasteiger partial charge in [-0.3, -0.25) is 0 Å². The van der Waals surface area contributed by atoms with E-state index in [2.05, 4.69) is 217 Å². The van der Waals surface area contributed by atoms with Crippen LogP contribution in [0.5, 0.6) is 0 Å². The van der Waals surface area contributed by atoms with Gasteiger partial charge < -0.3 is 9.47 Å². The fraction of sp³-hybridized carbons (Fsp3) is 0.0526. The maximum atomic E-state index is 2.49. The van der Waals surface area contributed by atoms with Crippen molar-refractivity contribution in [3.8, 4) is 27.9 Å². The molecule has 12 aromatic rings. The van der Waals surface area contributed by atoms with Crippen LogP contribution in [-0.2, 0) is 5.41 Å². The van der Waals surface area contributed by atoms with E-state index in [0.717, 1.165) is 11.4 Å². The highest BCUT2D eigenvalue weighted by atomic mass is 32.1. The van der Waals surface area contributed by atoms with Crippen LogP contribution in [0.1, 0.15) is 25.0 Å². The van der Waals surface area contributed by atoms with Crippen molar-refractivity contribution in [2.45, 2.75) is 19.3 Å². The van der Waals surface area contributed by atoms with Gasteiger partial charge in [0.1, 0.15) is 0 Å². The fourth-order valence-electron chi connectivity index (χ4n) is 10.3. The second-order valence-corrected chi connectivity index (χ2v) is 19.0. The van der Waals surface area contributed by atoms with Crippen molar-refractivity contribution in [3.63, 3.8) is 0 Å². The number of thiophene rings is 2. The molecule has 0 fully saturated rings. The van der Waals surface area contributed by atoms with Crippen LogP contribution in [0.15, 0.2) is 194 Å². The van der Waals surface area contributed by atoms with Crippen LogP contribution >= 0.6 is 22.7 Å². The van der Waals surface area contributed by atoms with E-state index < -0.39 is 0 Å². The molecule has 61 heavy (non-hydrogen) atoms. The van der Waals surface area contributed by atoms with E-state index in [-0.39, 0.29) is 5.41 Å². The molecule has 0 aliphatic heterocycles. The minimum atomic E-state index is -0.0902. The van der Waals surface area contributed by atoms with E-state index in [4.69, 9.17) is 0 Å². The average Bonchev–Trinajstić information content (AvgIpc) is 4.03. The lowest BCUT2D eigenvalue weighted by Gasteiger charge is -2.27. The first kappa shape index (κ1) is 34.8. The Morgan fingerprint density at radius 3 is 1.92 bits per heavy atom. The zero-order valence-electron chi connectivity index (χ0n) is 33.7. The Hall–Kier alpha value is -6.98. The molecule has 3 heterocycles. The van der Waals surface area contributed by atoms with E-state index in [0.29, 0.717) is 0 Å². The van der Waals surface area contributed by atoms with Crippen LogP contribution in [-0.4, -0.2) is 4.57 Å². The predicted octanol–water partition coefficient (Wildman–Crippen LogP) is 17.0. The van der Waals surface area contributed by atoms with Crippen LogP contribution in [0.25, 0.3) is 90.1 Å². The van der Waals surface area contributed by atoms with Gasteiger partial charge in [-0.05, 0) is 106 Å². The van der Waals surface area contributed by atoms with Gasteiger partial charge in [0.2, 0.25) is 0 Å². The highest BCUT2D eigenvalue weighted by Gasteiger charge is 2.35. The number of hydrogen-bond donors (Lipinski definition) is 0. The van der Waals surface area contributed by atoms with E-state index in [1.807, 2.05) is 22.7 Å². The van der Waals surface area contributed by atoms with Gasteiger partial charge in [0, 0.05) is 68.9 Å². The molecule has 2 nitrogen and oxygen atoms in total. The minimum Gasteiger partial charge on any atom is -0.309 e. The lowest BCUT2D eigenvalue weighted by molar-refractivity contribution is 0.660. The first-order chi connectivity index (χ1) is 30.0. The molecule has 1 aliphatic rings. The lowest BCUT2D eigenvalue weighted by atomic mass is 9.82. The Balaban J connectivity index is 1.05. The third-order valence-corrected chi connectivity index (χ3v) is 15.5. The zero-order chi connectivity index (χ0) is 40.4. The van der Waals surface area contributed by atoms with Gasteiger partial charge in [-0.1, -0.05) is 135 Å². The molecule has 9 aromatic carbocycles. The predicted molar refractivity (Wildman–Crippen MR) is 264 cm³/mol. The Bertz CT molecular complexity index is 3750. The number of rotatable bonds is 5. The van der Waals surface area contributed by atoms with Crippen LogP contribution in [0.4, 0.5) is 17.1 Å². The van der Waals surface area contributed by atoms with E-state index in [9.17, 15) is 0 Å². The van der Waals surface area contributed by atoms with E-state index in [1.165, 1.54) is 107 Å². The van der Waals surface area contributed by atoms with E-state index >= 15 is 0 Å². The molecule has 288 valence electrons. The molecule has 0 bridgehead atoms. The largest absolute Gasteiger partial charge is 0.309 e. The maximum absolute atomic E-state index is 2.49. The van der Waals surface area contributed by atoms with Crippen molar-refractivity contribution in [2.24, 2.45) is 0 Å². The van der Waals surface area contributed by atoms with Gasteiger partial charge >= 0.3 is 0 Å². The van der Waals surface area contributed by atoms with Gasteiger partial charge in [0.15, 0.2) is 0 Å². The number of anilines is 3. The molecular formula is C57H38N2S2. The Morgan fingerprint density at radius 1 is 0.410 bits per heavy atom. The van der Waals surface area contributed by atoms with Crippen LogP contribution in [0.2, 0.25) is 0 Å². The summed E-state index contributed by atoms with van der Waals surface area (Å²) in [6, 6.07) is 72.4. The Kier molecular flexibility index (Phi) is 7.43. The quantitative estimate of drug-likeness (QED) is 0.168. The maximum Gasteiger partial charge on any atom is 0.0646 e. The number of para-hydroxylation sites is 2. The van der Waals surface area contributed by atoms with Crippen LogP contribution in [0.3, 0.4) is 0 Å². The van der Waals surface area contributed by atoms with Crippen LogP contribution < -0.4 is 4.90 Å². The summed E-state index contributed by atoms with van der Waals surface area (Å²) in [5.74, 6) is 0. The molecule has 0 saturated carbocycles. The Morgan fingerprint density at radius 2 is 1.07 bits per heavy atom. The molecule has 1 aliphatic carbocycles. The second-order valence-electron chi connectivity index (χ2n) is 16.9.